The fourth-order valence-electron chi connectivity index (χ4n) is 2.86. The Morgan fingerprint density at radius 2 is 2.00 bits per heavy atom. The lowest BCUT2D eigenvalue weighted by atomic mass is 10.1. The first kappa shape index (κ1) is 13.3. The molecule has 1 aliphatic carbocycles. The van der Waals surface area contributed by atoms with E-state index in [9.17, 15) is 0 Å². The lowest BCUT2D eigenvalue weighted by molar-refractivity contribution is 0.0605. The summed E-state index contributed by atoms with van der Waals surface area (Å²) in [6, 6.07) is 2.36. The predicted octanol–water partition coefficient (Wildman–Crippen LogP) is 1.54. The lowest BCUT2D eigenvalue weighted by Crippen LogP contribution is -2.56. The Morgan fingerprint density at radius 1 is 1.24 bits per heavy atom. The van der Waals surface area contributed by atoms with E-state index in [0.717, 1.165) is 18.1 Å². The van der Waals surface area contributed by atoms with Crippen LogP contribution in [-0.2, 0) is 0 Å². The average Bonchev–Trinajstić information content (AvgIpc) is 3.15. The van der Waals surface area contributed by atoms with Gasteiger partial charge in [-0.15, -0.1) is 0 Å². The summed E-state index contributed by atoms with van der Waals surface area (Å²) in [5.41, 5.74) is 0. The molecule has 1 N–H and O–H groups in total. The van der Waals surface area contributed by atoms with Crippen molar-refractivity contribution in [3.63, 3.8) is 0 Å². The van der Waals surface area contributed by atoms with Crippen molar-refractivity contribution in [2.75, 3.05) is 33.2 Å². The third-order valence-electron chi connectivity index (χ3n) is 4.49. The molecular formula is C14H29N3. The number of nitrogens with zero attached hydrogens (tertiary/aromatic N) is 2. The van der Waals surface area contributed by atoms with Crippen LogP contribution in [0.1, 0.15) is 39.5 Å². The molecule has 0 spiro atoms. The zero-order valence-electron chi connectivity index (χ0n) is 11.8. The largest absolute Gasteiger partial charge is 0.312 e. The van der Waals surface area contributed by atoms with Gasteiger partial charge in [0.2, 0.25) is 0 Å². The smallest absolute Gasteiger partial charge is 0.0219 e. The molecule has 2 fully saturated rings. The van der Waals surface area contributed by atoms with E-state index in [1.165, 1.54) is 51.9 Å². The van der Waals surface area contributed by atoms with Gasteiger partial charge in [0.1, 0.15) is 0 Å². The van der Waals surface area contributed by atoms with E-state index in [0.29, 0.717) is 0 Å². The summed E-state index contributed by atoms with van der Waals surface area (Å²) in [5, 5.41) is 3.69. The van der Waals surface area contributed by atoms with Crippen LogP contribution >= 0.6 is 0 Å². The van der Waals surface area contributed by atoms with Crippen LogP contribution in [-0.4, -0.2) is 61.2 Å². The minimum Gasteiger partial charge on any atom is -0.312 e. The standard InChI is InChI=1S/C14H29N3/c1-4-13(10-15-12-6-7-12)17-9-8-16(3)14(5-2)11-17/h12-15H,4-11H2,1-3H3. The quantitative estimate of drug-likeness (QED) is 0.758. The maximum absolute atomic E-state index is 3.69. The second-order valence-corrected chi connectivity index (χ2v) is 5.78. The molecule has 3 heteroatoms. The Morgan fingerprint density at radius 3 is 2.59 bits per heavy atom. The van der Waals surface area contributed by atoms with Crippen LogP contribution in [0.25, 0.3) is 0 Å². The van der Waals surface area contributed by atoms with E-state index in [4.69, 9.17) is 0 Å². The Bertz CT molecular complexity index is 228. The highest BCUT2D eigenvalue weighted by atomic mass is 15.3. The highest BCUT2D eigenvalue weighted by molar-refractivity contribution is 4.87. The molecule has 0 radical (unpaired) electrons. The molecule has 1 heterocycles. The summed E-state index contributed by atoms with van der Waals surface area (Å²) in [5.74, 6) is 0. The zero-order valence-corrected chi connectivity index (χ0v) is 11.8. The molecule has 2 rings (SSSR count). The van der Waals surface area contributed by atoms with E-state index in [1.54, 1.807) is 0 Å². The molecule has 100 valence electrons. The second-order valence-electron chi connectivity index (χ2n) is 5.78. The third-order valence-corrected chi connectivity index (χ3v) is 4.49. The Balaban J connectivity index is 1.80. The minimum absolute atomic E-state index is 0.748. The van der Waals surface area contributed by atoms with Crippen molar-refractivity contribution in [2.24, 2.45) is 0 Å². The van der Waals surface area contributed by atoms with Crippen LogP contribution in [0.15, 0.2) is 0 Å². The first-order valence-corrected chi connectivity index (χ1v) is 7.42. The van der Waals surface area contributed by atoms with Crippen molar-refractivity contribution in [3.8, 4) is 0 Å². The maximum Gasteiger partial charge on any atom is 0.0219 e. The highest BCUT2D eigenvalue weighted by Crippen LogP contribution is 2.20. The minimum atomic E-state index is 0.748. The first-order chi connectivity index (χ1) is 8.24. The second kappa shape index (κ2) is 6.17. The first-order valence-electron chi connectivity index (χ1n) is 7.42. The Labute approximate surface area is 107 Å². The summed E-state index contributed by atoms with van der Waals surface area (Å²) >= 11 is 0. The van der Waals surface area contributed by atoms with Gasteiger partial charge in [0, 0.05) is 44.3 Å². The van der Waals surface area contributed by atoms with Crippen LogP contribution in [0, 0.1) is 0 Å². The number of piperazine rings is 1. The Kier molecular flexibility index (Phi) is 4.83. The maximum atomic E-state index is 3.69. The van der Waals surface area contributed by atoms with Crippen LogP contribution in [0.5, 0.6) is 0 Å². The van der Waals surface area contributed by atoms with Crippen LogP contribution in [0.2, 0.25) is 0 Å². The predicted molar refractivity (Wildman–Crippen MR) is 73.4 cm³/mol. The van der Waals surface area contributed by atoms with Crippen LogP contribution in [0.4, 0.5) is 0 Å². The van der Waals surface area contributed by atoms with E-state index < -0.39 is 0 Å². The molecule has 2 unspecified atom stereocenters. The normalized spacial score (nSPS) is 29.5. The molecule has 1 saturated heterocycles. The van der Waals surface area contributed by atoms with Crippen molar-refractivity contribution in [3.05, 3.63) is 0 Å². The van der Waals surface area contributed by atoms with Crippen molar-refractivity contribution in [2.45, 2.75) is 57.7 Å². The third kappa shape index (κ3) is 3.67. The van der Waals surface area contributed by atoms with Crippen molar-refractivity contribution < 1.29 is 0 Å². The molecule has 0 aromatic carbocycles. The van der Waals surface area contributed by atoms with E-state index in [-0.39, 0.29) is 0 Å². The zero-order chi connectivity index (χ0) is 12.3. The number of hydrogen-bond acceptors (Lipinski definition) is 3. The molecule has 17 heavy (non-hydrogen) atoms. The lowest BCUT2D eigenvalue weighted by Gasteiger charge is -2.42. The van der Waals surface area contributed by atoms with Gasteiger partial charge >= 0.3 is 0 Å². The van der Waals surface area contributed by atoms with E-state index in [1.807, 2.05) is 0 Å². The summed E-state index contributed by atoms with van der Waals surface area (Å²) in [4.78, 5) is 5.24. The Hall–Kier alpha value is -0.120. The number of likely N-dealkylation sites (N-methyl/N-ethyl adjacent to an activating group) is 1. The van der Waals surface area contributed by atoms with Crippen molar-refractivity contribution >= 4 is 0 Å². The fraction of sp³-hybridized carbons (Fsp3) is 1.00. The van der Waals surface area contributed by atoms with Gasteiger partial charge in [-0.05, 0) is 32.7 Å². The summed E-state index contributed by atoms with van der Waals surface area (Å²) in [6.07, 6.45) is 5.35. The van der Waals surface area contributed by atoms with Gasteiger partial charge in [0.25, 0.3) is 0 Å². The fourth-order valence-corrected chi connectivity index (χ4v) is 2.86. The van der Waals surface area contributed by atoms with Gasteiger partial charge in [0.15, 0.2) is 0 Å². The van der Waals surface area contributed by atoms with Gasteiger partial charge < -0.3 is 10.2 Å². The van der Waals surface area contributed by atoms with Crippen LogP contribution in [0.3, 0.4) is 0 Å². The molecule has 1 saturated carbocycles. The molecule has 0 amide bonds. The average molecular weight is 239 g/mol. The summed E-state index contributed by atoms with van der Waals surface area (Å²) in [6.45, 7) is 9.59. The van der Waals surface area contributed by atoms with E-state index >= 15 is 0 Å². The molecule has 1 aliphatic heterocycles. The molecule has 2 atom stereocenters. The van der Waals surface area contributed by atoms with Crippen molar-refractivity contribution in [1.29, 1.82) is 0 Å². The SMILES string of the molecule is CCC1CN(C(CC)CNC2CC2)CCN1C. The van der Waals surface area contributed by atoms with Gasteiger partial charge in [-0.25, -0.2) is 0 Å². The summed E-state index contributed by atoms with van der Waals surface area (Å²) < 4.78 is 0. The molecule has 0 bridgehead atoms. The number of hydrogen-bond donors (Lipinski definition) is 1. The monoisotopic (exact) mass is 239 g/mol. The molecule has 0 aromatic heterocycles. The van der Waals surface area contributed by atoms with Gasteiger partial charge in [-0.3, -0.25) is 4.90 Å². The van der Waals surface area contributed by atoms with Gasteiger partial charge in [0.05, 0.1) is 0 Å². The number of rotatable bonds is 6. The van der Waals surface area contributed by atoms with Gasteiger partial charge in [-0.2, -0.15) is 0 Å². The molecular weight excluding hydrogens is 210 g/mol. The van der Waals surface area contributed by atoms with Crippen molar-refractivity contribution in [1.82, 2.24) is 15.1 Å². The molecule has 0 aromatic rings. The van der Waals surface area contributed by atoms with Crippen LogP contribution < -0.4 is 5.32 Å². The highest BCUT2D eigenvalue weighted by Gasteiger charge is 2.28. The molecule has 3 nitrogen and oxygen atoms in total. The topological polar surface area (TPSA) is 18.5 Å². The van der Waals surface area contributed by atoms with Gasteiger partial charge in [-0.1, -0.05) is 13.8 Å². The molecule has 2 aliphatic rings. The summed E-state index contributed by atoms with van der Waals surface area (Å²) in [7, 11) is 2.27. The number of nitrogens with one attached hydrogen (secondary N) is 1. The van der Waals surface area contributed by atoms with E-state index in [2.05, 4.69) is 36.0 Å².